The lowest BCUT2D eigenvalue weighted by Gasteiger charge is -2.46. The van der Waals surface area contributed by atoms with Gasteiger partial charge in [0.15, 0.2) is 0 Å². The number of hydrogen-bond acceptors (Lipinski definition) is 4. The van der Waals surface area contributed by atoms with Crippen LogP contribution in [0.25, 0.3) is 5.69 Å². The highest BCUT2D eigenvalue weighted by atomic mass is 16.5. The van der Waals surface area contributed by atoms with Crippen molar-refractivity contribution in [3.63, 3.8) is 0 Å². The second-order valence-electron chi connectivity index (χ2n) is 6.88. The lowest BCUT2D eigenvalue weighted by atomic mass is 9.82. The average molecular weight is 341 g/mol. The molecule has 1 amide bonds. The Morgan fingerprint density at radius 1 is 1.24 bits per heavy atom. The molecule has 1 aromatic carbocycles. The molecule has 1 aromatic heterocycles. The summed E-state index contributed by atoms with van der Waals surface area (Å²) in [6, 6.07) is 7.56. The van der Waals surface area contributed by atoms with Crippen molar-refractivity contribution in [2.75, 3.05) is 19.7 Å². The molecule has 1 spiro atoms. The third kappa shape index (κ3) is 3.07. The van der Waals surface area contributed by atoms with Gasteiger partial charge in [0.1, 0.15) is 0 Å². The number of rotatable bonds is 2. The molecule has 2 saturated heterocycles. The third-order valence-corrected chi connectivity index (χ3v) is 5.43. The Bertz CT molecular complexity index is 719. The van der Waals surface area contributed by atoms with Gasteiger partial charge in [0.05, 0.1) is 18.0 Å². The van der Waals surface area contributed by atoms with Crippen molar-refractivity contribution in [2.45, 2.75) is 37.4 Å². The first kappa shape index (κ1) is 16.3. The van der Waals surface area contributed by atoms with E-state index in [0.717, 1.165) is 18.5 Å². The van der Waals surface area contributed by atoms with Crippen molar-refractivity contribution < 1.29 is 14.6 Å². The maximum Gasteiger partial charge on any atom is 0.253 e. The van der Waals surface area contributed by atoms with E-state index >= 15 is 0 Å². The van der Waals surface area contributed by atoms with Gasteiger partial charge in [-0.15, -0.1) is 0 Å². The minimum Gasteiger partial charge on any atom is -0.390 e. The SMILES string of the molecule is O=C(c1ccc(-n2ccnc2)cc1)N1CCC2(CC1)OCCC[C@H]2O. The Morgan fingerprint density at radius 2 is 2.00 bits per heavy atom. The quantitative estimate of drug-likeness (QED) is 0.907. The second kappa shape index (κ2) is 6.61. The highest BCUT2D eigenvalue weighted by Crippen LogP contribution is 2.35. The third-order valence-electron chi connectivity index (χ3n) is 5.43. The number of benzene rings is 1. The number of aliphatic hydroxyl groups excluding tert-OH is 1. The van der Waals surface area contributed by atoms with Gasteiger partial charge < -0.3 is 19.3 Å². The first-order valence-electron chi connectivity index (χ1n) is 8.88. The highest BCUT2D eigenvalue weighted by Gasteiger charge is 2.44. The molecule has 2 aliphatic heterocycles. The molecule has 0 unspecified atom stereocenters. The van der Waals surface area contributed by atoms with Crippen LogP contribution < -0.4 is 0 Å². The van der Waals surface area contributed by atoms with Crippen LogP contribution in [0.3, 0.4) is 0 Å². The molecule has 132 valence electrons. The Labute approximate surface area is 147 Å². The fourth-order valence-corrected chi connectivity index (χ4v) is 3.85. The topological polar surface area (TPSA) is 67.6 Å². The lowest BCUT2D eigenvalue weighted by molar-refractivity contribution is -0.174. The normalized spacial score (nSPS) is 22.9. The number of hydrogen-bond donors (Lipinski definition) is 1. The van der Waals surface area contributed by atoms with Crippen molar-refractivity contribution in [1.82, 2.24) is 14.5 Å². The smallest absolute Gasteiger partial charge is 0.253 e. The van der Waals surface area contributed by atoms with E-state index in [9.17, 15) is 9.90 Å². The number of imidazole rings is 1. The predicted molar refractivity (Wildman–Crippen MR) is 92.6 cm³/mol. The zero-order valence-corrected chi connectivity index (χ0v) is 14.2. The lowest BCUT2D eigenvalue weighted by Crippen LogP contribution is -2.56. The largest absolute Gasteiger partial charge is 0.390 e. The number of amides is 1. The molecule has 2 aliphatic rings. The first-order valence-corrected chi connectivity index (χ1v) is 8.88. The summed E-state index contributed by atoms with van der Waals surface area (Å²) in [4.78, 5) is 18.6. The zero-order valence-electron chi connectivity index (χ0n) is 14.2. The molecule has 4 rings (SSSR count). The maximum atomic E-state index is 12.8. The summed E-state index contributed by atoms with van der Waals surface area (Å²) in [6.45, 7) is 1.96. The number of ether oxygens (including phenoxy) is 1. The van der Waals surface area contributed by atoms with Crippen LogP contribution >= 0.6 is 0 Å². The van der Waals surface area contributed by atoms with Gasteiger partial charge in [-0.1, -0.05) is 0 Å². The maximum absolute atomic E-state index is 12.8. The minimum atomic E-state index is -0.444. The van der Waals surface area contributed by atoms with Gasteiger partial charge in [-0.05, 0) is 49.9 Å². The first-order chi connectivity index (χ1) is 12.2. The van der Waals surface area contributed by atoms with E-state index in [1.165, 1.54) is 0 Å². The van der Waals surface area contributed by atoms with Crippen LogP contribution in [-0.2, 0) is 4.74 Å². The molecule has 6 nitrogen and oxygen atoms in total. The molecule has 6 heteroatoms. The summed E-state index contributed by atoms with van der Waals surface area (Å²) in [5.74, 6) is 0.0392. The average Bonchev–Trinajstić information content (AvgIpc) is 3.19. The predicted octanol–water partition coefficient (Wildman–Crippen LogP) is 2.02. The number of aliphatic hydroxyl groups is 1. The molecule has 2 aromatic rings. The van der Waals surface area contributed by atoms with E-state index < -0.39 is 11.7 Å². The number of carbonyl (C=O) groups is 1. The van der Waals surface area contributed by atoms with Crippen LogP contribution in [0.5, 0.6) is 0 Å². The van der Waals surface area contributed by atoms with E-state index in [2.05, 4.69) is 4.98 Å². The number of aromatic nitrogens is 2. The Morgan fingerprint density at radius 3 is 2.64 bits per heavy atom. The van der Waals surface area contributed by atoms with Crippen LogP contribution in [0.4, 0.5) is 0 Å². The number of likely N-dealkylation sites (tertiary alicyclic amines) is 1. The Kier molecular flexibility index (Phi) is 4.31. The zero-order chi connectivity index (χ0) is 17.3. The molecule has 0 bridgehead atoms. The summed E-state index contributed by atoms with van der Waals surface area (Å²) in [5.41, 5.74) is 1.22. The van der Waals surface area contributed by atoms with E-state index in [4.69, 9.17) is 4.74 Å². The molecular formula is C19H23N3O3. The molecular weight excluding hydrogens is 318 g/mol. The highest BCUT2D eigenvalue weighted by molar-refractivity contribution is 5.94. The van der Waals surface area contributed by atoms with E-state index in [0.29, 0.717) is 38.1 Å². The Hall–Kier alpha value is -2.18. The number of piperidine rings is 1. The van der Waals surface area contributed by atoms with Gasteiger partial charge in [-0.3, -0.25) is 4.79 Å². The number of nitrogens with zero attached hydrogens (tertiary/aromatic N) is 3. The van der Waals surface area contributed by atoms with Crippen molar-refractivity contribution in [3.8, 4) is 5.69 Å². The molecule has 25 heavy (non-hydrogen) atoms. The molecule has 0 aliphatic carbocycles. The van der Waals surface area contributed by atoms with Crippen molar-refractivity contribution >= 4 is 5.91 Å². The van der Waals surface area contributed by atoms with Crippen LogP contribution in [0.1, 0.15) is 36.0 Å². The van der Waals surface area contributed by atoms with Crippen LogP contribution in [0.2, 0.25) is 0 Å². The number of carbonyl (C=O) groups excluding carboxylic acids is 1. The van der Waals surface area contributed by atoms with E-state index in [-0.39, 0.29) is 5.91 Å². The molecule has 1 N–H and O–H groups in total. The van der Waals surface area contributed by atoms with Crippen LogP contribution in [0, 0.1) is 0 Å². The molecule has 3 heterocycles. The summed E-state index contributed by atoms with van der Waals surface area (Å²) in [7, 11) is 0. The summed E-state index contributed by atoms with van der Waals surface area (Å²) < 4.78 is 7.82. The van der Waals surface area contributed by atoms with Gasteiger partial charge in [-0.2, -0.15) is 0 Å². The van der Waals surface area contributed by atoms with Crippen molar-refractivity contribution in [2.24, 2.45) is 0 Å². The Balaban J connectivity index is 1.42. The summed E-state index contributed by atoms with van der Waals surface area (Å²) in [5, 5.41) is 10.3. The van der Waals surface area contributed by atoms with Crippen molar-refractivity contribution in [3.05, 3.63) is 48.5 Å². The molecule has 0 radical (unpaired) electrons. The van der Waals surface area contributed by atoms with Crippen LogP contribution in [0.15, 0.2) is 43.0 Å². The second-order valence-corrected chi connectivity index (χ2v) is 6.88. The van der Waals surface area contributed by atoms with E-state index in [1.807, 2.05) is 39.9 Å². The molecule has 0 saturated carbocycles. The van der Waals surface area contributed by atoms with Gasteiger partial charge in [0.2, 0.25) is 0 Å². The van der Waals surface area contributed by atoms with Gasteiger partial charge in [0, 0.05) is 43.3 Å². The summed E-state index contributed by atoms with van der Waals surface area (Å²) in [6.07, 6.45) is 8.03. The van der Waals surface area contributed by atoms with E-state index in [1.54, 1.807) is 12.5 Å². The van der Waals surface area contributed by atoms with Crippen molar-refractivity contribution in [1.29, 1.82) is 0 Å². The van der Waals surface area contributed by atoms with Gasteiger partial charge >= 0.3 is 0 Å². The minimum absolute atomic E-state index is 0.0392. The van der Waals surface area contributed by atoms with Gasteiger partial charge in [-0.25, -0.2) is 4.98 Å². The van der Waals surface area contributed by atoms with Gasteiger partial charge in [0.25, 0.3) is 5.91 Å². The standard InChI is InChI=1S/C19H23N3O3/c23-17-2-1-13-25-19(17)7-10-21(11-8-19)18(24)15-3-5-16(6-4-15)22-12-9-20-14-22/h3-6,9,12,14,17,23H,1-2,7-8,10-11,13H2/t17-/m1/s1. The fourth-order valence-electron chi connectivity index (χ4n) is 3.85. The van der Waals surface area contributed by atoms with Crippen LogP contribution in [-0.4, -0.2) is 56.9 Å². The fraction of sp³-hybridized carbons (Fsp3) is 0.474. The summed E-state index contributed by atoms with van der Waals surface area (Å²) >= 11 is 0. The molecule has 2 fully saturated rings. The monoisotopic (exact) mass is 341 g/mol. The molecule has 1 atom stereocenters.